The van der Waals surface area contributed by atoms with Gasteiger partial charge in [0.2, 0.25) is 0 Å². The van der Waals surface area contributed by atoms with E-state index in [1.54, 1.807) is 19.9 Å². The van der Waals surface area contributed by atoms with E-state index in [0.717, 1.165) is 13.1 Å². The van der Waals surface area contributed by atoms with Crippen LogP contribution in [-0.4, -0.2) is 72.7 Å². The second kappa shape index (κ2) is 13.8. The summed E-state index contributed by atoms with van der Waals surface area (Å²) in [4.78, 5) is 42.6. The van der Waals surface area contributed by atoms with Gasteiger partial charge in [-0.25, -0.2) is 9.78 Å². The minimum absolute atomic E-state index is 0. The predicted octanol–water partition coefficient (Wildman–Crippen LogP) is 3.05. The number of nitrogens with one attached hydrogen (secondary N) is 1. The Labute approximate surface area is 210 Å². The summed E-state index contributed by atoms with van der Waals surface area (Å²) in [6, 6.07) is 7.37. The van der Waals surface area contributed by atoms with Crippen LogP contribution < -0.4 is 5.32 Å². The number of aryl methyl sites for hydroxylation is 1. The maximum Gasteiger partial charge on any atom is 0.340 e. The fourth-order valence-corrected chi connectivity index (χ4v) is 3.51. The van der Waals surface area contributed by atoms with Crippen molar-refractivity contribution in [2.45, 2.75) is 13.8 Å². The number of hydrogen-bond donors (Lipinski definition) is 1. The quantitative estimate of drug-likeness (QED) is 0.323. The van der Waals surface area contributed by atoms with Gasteiger partial charge >= 0.3 is 5.97 Å². The van der Waals surface area contributed by atoms with Crippen molar-refractivity contribution in [2.75, 3.05) is 46.0 Å². The third-order valence-corrected chi connectivity index (χ3v) is 5.10. The van der Waals surface area contributed by atoms with Crippen molar-refractivity contribution in [2.24, 2.45) is 0 Å². The van der Waals surface area contributed by atoms with Gasteiger partial charge in [0.1, 0.15) is 5.69 Å². The van der Waals surface area contributed by atoms with Crippen molar-refractivity contribution in [3.63, 3.8) is 0 Å². The molecule has 0 radical (unpaired) electrons. The van der Waals surface area contributed by atoms with Gasteiger partial charge < -0.3 is 14.8 Å². The summed E-state index contributed by atoms with van der Waals surface area (Å²) < 4.78 is 10.5. The molecule has 1 aliphatic heterocycles. The van der Waals surface area contributed by atoms with E-state index >= 15 is 0 Å². The topological polar surface area (TPSA) is 124 Å². The van der Waals surface area contributed by atoms with Crippen LogP contribution in [0.2, 0.25) is 0 Å². The zero-order chi connectivity index (χ0) is 23.1. The molecule has 10 nitrogen and oxygen atoms in total. The Morgan fingerprint density at radius 2 is 1.94 bits per heavy atom. The molecule has 1 N–H and O–H groups in total. The number of hydrogen-bond acceptors (Lipinski definition) is 8. The highest BCUT2D eigenvalue weighted by atomic mass is 35.5. The van der Waals surface area contributed by atoms with Crippen LogP contribution >= 0.6 is 24.8 Å². The maximum absolute atomic E-state index is 12.8. The van der Waals surface area contributed by atoms with Crippen LogP contribution in [0, 0.1) is 17.0 Å². The second-order valence-electron chi connectivity index (χ2n) is 7.25. The number of nitro benzene ring substituents is 1. The van der Waals surface area contributed by atoms with Gasteiger partial charge in [-0.2, -0.15) is 0 Å². The van der Waals surface area contributed by atoms with Gasteiger partial charge in [0.25, 0.3) is 11.6 Å². The van der Waals surface area contributed by atoms with Gasteiger partial charge in [-0.3, -0.25) is 19.8 Å². The minimum atomic E-state index is -0.599. The molecule has 1 amide bonds. The van der Waals surface area contributed by atoms with E-state index in [-0.39, 0.29) is 54.3 Å². The van der Waals surface area contributed by atoms with Crippen molar-refractivity contribution in [1.82, 2.24) is 15.2 Å². The first-order valence-electron chi connectivity index (χ1n) is 10.4. The summed E-state index contributed by atoms with van der Waals surface area (Å²) in [5, 5.41) is 14.1. The zero-order valence-electron chi connectivity index (χ0n) is 18.9. The van der Waals surface area contributed by atoms with Crippen molar-refractivity contribution in [3.05, 3.63) is 57.4 Å². The lowest BCUT2D eigenvalue weighted by Crippen LogP contribution is -2.41. The lowest BCUT2D eigenvalue weighted by Gasteiger charge is -2.26. The monoisotopic (exact) mass is 514 g/mol. The van der Waals surface area contributed by atoms with E-state index in [1.807, 2.05) is 0 Å². The van der Waals surface area contributed by atoms with E-state index in [9.17, 15) is 19.7 Å². The predicted molar refractivity (Wildman–Crippen MR) is 131 cm³/mol. The lowest BCUT2D eigenvalue weighted by molar-refractivity contribution is -0.384. The Morgan fingerprint density at radius 3 is 2.59 bits per heavy atom. The number of rotatable bonds is 8. The Kier molecular flexibility index (Phi) is 11.9. The third-order valence-electron chi connectivity index (χ3n) is 5.10. The van der Waals surface area contributed by atoms with Crippen LogP contribution in [0.15, 0.2) is 30.3 Å². The highest BCUT2D eigenvalue weighted by molar-refractivity contribution is 6.01. The Morgan fingerprint density at radius 1 is 1.24 bits per heavy atom. The average Bonchev–Trinajstić information content (AvgIpc) is 2.79. The fraction of sp³-hybridized carbons (Fsp3) is 0.409. The number of ether oxygens (including phenoxy) is 2. The number of halogens is 2. The summed E-state index contributed by atoms with van der Waals surface area (Å²) in [5.74, 6) is -0.985. The fourth-order valence-electron chi connectivity index (χ4n) is 3.51. The Hall–Kier alpha value is -2.79. The van der Waals surface area contributed by atoms with E-state index in [2.05, 4.69) is 15.2 Å². The molecule has 1 aromatic heterocycles. The van der Waals surface area contributed by atoms with Crippen molar-refractivity contribution < 1.29 is 24.0 Å². The molecule has 1 fully saturated rings. The maximum atomic E-state index is 12.8. The SMILES string of the molecule is CCOC(=O)c1c(-c2cccc([N+](=O)[O-])c2)cc(C(=O)NCCN2CCOCC2)nc1C.Cl.Cl. The number of esters is 1. The molecular weight excluding hydrogens is 487 g/mol. The summed E-state index contributed by atoms with van der Waals surface area (Å²) >= 11 is 0. The molecule has 0 atom stereocenters. The van der Waals surface area contributed by atoms with Gasteiger partial charge in [0.05, 0.1) is 36.0 Å². The molecule has 0 unspecified atom stereocenters. The lowest BCUT2D eigenvalue weighted by atomic mass is 9.97. The molecule has 1 saturated heterocycles. The smallest absolute Gasteiger partial charge is 0.340 e. The number of morpholine rings is 1. The van der Waals surface area contributed by atoms with E-state index in [1.165, 1.54) is 24.3 Å². The van der Waals surface area contributed by atoms with Crippen LogP contribution in [0.25, 0.3) is 11.1 Å². The van der Waals surface area contributed by atoms with Gasteiger partial charge in [-0.05, 0) is 25.5 Å². The molecule has 12 heteroatoms. The minimum Gasteiger partial charge on any atom is -0.462 e. The number of amides is 1. The van der Waals surface area contributed by atoms with E-state index in [0.29, 0.717) is 43.1 Å². The van der Waals surface area contributed by atoms with Crippen molar-refractivity contribution in [1.29, 1.82) is 0 Å². The van der Waals surface area contributed by atoms with Crippen LogP contribution in [0.3, 0.4) is 0 Å². The first-order valence-corrected chi connectivity index (χ1v) is 10.4. The van der Waals surface area contributed by atoms with Gasteiger partial charge in [0.15, 0.2) is 0 Å². The average molecular weight is 515 g/mol. The number of non-ortho nitro benzene ring substituents is 1. The second-order valence-corrected chi connectivity index (χ2v) is 7.25. The Bertz CT molecular complexity index is 1010. The number of carbonyl (C=O) groups excluding carboxylic acids is 2. The molecular formula is C22H28Cl2N4O6. The Balaban J connectivity index is 0.00000289. The van der Waals surface area contributed by atoms with Crippen LogP contribution in [-0.2, 0) is 9.47 Å². The molecule has 0 spiro atoms. The molecule has 0 bridgehead atoms. The highest BCUT2D eigenvalue weighted by Crippen LogP contribution is 2.30. The van der Waals surface area contributed by atoms with Gasteiger partial charge in [-0.15, -0.1) is 24.8 Å². The highest BCUT2D eigenvalue weighted by Gasteiger charge is 2.23. The first-order chi connectivity index (χ1) is 15.4. The molecule has 1 aromatic carbocycles. The largest absolute Gasteiger partial charge is 0.462 e. The first kappa shape index (κ1) is 29.2. The standard InChI is InChI=1S/C22H26N4O6.2ClH/c1-3-32-22(28)20-15(2)24-19(21(27)23-7-8-25-9-11-31-12-10-25)14-18(20)16-5-4-6-17(13-16)26(29)30;;/h4-6,13-14H,3,7-12H2,1-2H3,(H,23,27);2*1H. The molecule has 34 heavy (non-hydrogen) atoms. The molecule has 186 valence electrons. The molecule has 2 heterocycles. The van der Waals surface area contributed by atoms with Crippen molar-refractivity contribution >= 4 is 42.4 Å². The number of nitro groups is 1. The van der Waals surface area contributed by atoms with Gasteiger partial charge in [0, 0.05) is 43.9 Å². The van der Waals surface area contributed by atoms with Crippen molar-refractivity contribution in [3.8, 4) is 11.1 Å². The van der Waals surface area contributed by atoms with Crippen LogP contribution in [0.1, 0.15) is 33.5 Å². The summed E-state index contributed by atoms with van der Waals surface area (Å²) in [7, 11) is 0. The van der Waals surface area contributed by atoms with E-state index in [4.69, 9.17) is 9.47 Å². The number of carbonyl (C=O) groups is 2. The van der Waals surface area contributed by atoms with Gasteiger partial charge in [-0.1, -0.05) is 12.1 Å². The number of nitrogens with zero attached hydrogens (tertiary/aromatic N) is 3. The summed E-state index contributed by atoms with van der Waals surface area (Å²) in [6.07, 6.45) is 0. The normalized spacial score (nSPS) is 13.2. The van der Waals surface area contributed by atoms with E-state index < -0.39 is 10.9 Å². The number of pyridine rings is 1. The van der Waals surface area contributed by atoms with Crippen LogP contribution in [0.5, 0.6) is 0 Å². The molecule has 2 aromatic rings. The molecule has 3 rings (SSSR count). The molecule has 0 aliphatic carbocycles. The summed E-state index contributed by atoms with van der Waals surface area (Å²) in [5.41, 5.74) is 1.28. The number of aromatic nitrogens is 1. The molecule has 1 aliphatic rings. The number of benzene rings is 1. The summed E-state index contributed by atoms with van der Waals surface area (Å²) in [6.45, 7) is 7.57. The molecule has 0 saturated carbocycles. The third kappa shape index (κ3) is 7.36. The van der Waals surface area contributed by atoms with Crippen LogP contribution in [0.4, 0.5) is 5.69 Å². The zero-order valence-corrected chi connectivity index (χ0v) is 20.6.